The van der Waals surface area contributed by atoms with Gasteiger partial charge in [-0.25, -0.2) is 4.98 Å². The zero-order valence-corrected chi connectivity index (χ0v) is 14.7. The minimum absolute atomic E-state index is 0.863. The second kappa shape index (κ2) is 7.32. The molecule has 0 N–H and O–H groups in total. The van der Waals surface area contributed by atoms with Crippen LogP contribution in [0.5, 0.6) is 0 Å². The third kappa shape index (κ3) is 3.60. The Balaban J connectivity index is 1.43. The summed E-state index contributed by atoms with van der Waals surface area (Å²) in [7, 11) is 0. The Kier molecular flexibility index (Phi) is 4.76. The minimum Gasteiger partial charge on any atom is -0.328 e. The highest BCUT2D eigenvalue weighted by molar-refractivity contribution is 7.15. The van der Waals surface area contributed by atoms with Crippen molar-refractivity contribution in [3.8, 4) is 10.7 Å². The number of rotatable bonds is 6. The first-order valence-electron chi connectivity index (χ1n) is 8.68. The maximum absolute atomic E-state index is 4.58. The van der Waals surface area contributed by atoms with E-state index in [2.05, 4.69) is 37.9 Å². The van der Waals surface area contributed by atoms with Crippen molar-refractivity contribution in [2.45, 2.75) is 38.9 Å². The maximum Gasteiger partial charge on any atom is 0.150 e. The summed E-state index contributed by atoms with van der Waals surface area (Å²) >= 11 is 1.87. The molecule has 0 amide bonds. The van der Waals surface area contributed by atoms with E-state index in [1.54, 1.807) is 0 Å². The summed E-state index contributed by atoms with van der Waals surface area (Å²) in [6, 6.07) is 6.44. The minimum atomic E-state index is 0.863. The molecule has 0 saturated carbocycles. The smallest absolute Gasteiger partial charge is 0.150 e. The van der Waals surface area contributed by atoms with Crippen LogP contribution in [0.4, 0.5) is 0 Å². The van der Waals surface area contributed by atoms with Crippen molar-refractivity contribution in [1.29, 1.82) is 0 Å². The molecule has 0 spiro atoms. The predicted molar refractivity (Wildman–Crippen MR) is 96.9 cm³/mol. The SMILES string of the molecule is c1cnn(CCn2ccnc2-c2ccc(CN3CCCCC3)s2)c1. The van der Waals surface area contributed by atoms with Crippen LogP contribution in [0.3, 0.4) is 0 Å². The highest BCUT2D eigenvalue weighted by Gasteiger charge is 2.13. The van der Waals surface area contributed by atoms with Gasteiger partial charge in [-0.3, -0.25) is 9.58 Å². The van der Waals surface area contributed by atoms with Crippen molar-refractivity contribution < 1.29 is 0 Å². The van der Waals surface area contributed by atoms with Crippen molar-refractivity contribution in [3.05, 3.63) is 47.9 Å². The third-order valence-corrected chi connectivity index (χ3v) is 5.62. The van der Waals surface area contributed by atoms with Crippen LogP contribution in [0.15, 0.2) is 43.0 Å². The molecule has 1 aliphatic rings. The van der Waals surface area contributed by atoms with Gasteiger partial charge in [0, 0.05) is 42.8 Å². The molecule has 0 aromatic carbocycles. The fraction of sp³-hybridized carbons (Fsp3) is 0.444. The average molecular weight is 341 g/mol. The molecule has 5 nitrogen and oxygen atoms in total. The Bertz CT molecular complexity index is 752. The first kappa shape index (κ1) is 15.6. The van der Waals surface area contributed by atoms with Crippen LogP contribution < -0.4 is 0 Å². The molecule has 1 saturated heterocycles. The molecule has 0 atom stereocenters. The molecule has 3 aromatic rings. The lowest BCUT2D eigenvalue weighted by molar-refractivity contribution is 0.222. The van der Waals surface area contributed by atoms with Crippen LogP contribution in [0.1, 0.15) is 24.1 Å². The van der Waals surface area contributed by atoms with E-state index in [-0.39, 0.29) is 0 Å². The number of likely N-dealkylation sites (tertiary alicyclic amines) is 1. The van der Waals surface area contributed by atoms with Crippen LogP contribution in [0.2, 0.25) is 0 Å². The van der Waals surface area contributed by atoms with Crippen LogP contribution in [0.25, 0.3) is 10.7 Å². The topological polar surface area (TPSA) is 38.9 Å². The summed E-state index contributed by atoms with van der Waals surface area (Å²) in [5.74, 6) is 1.07. The summed E-state index contributed by atoms with van der Waals surface area (Å²) in [6.45, 7) is 5.31. The second-order valence-corrected chi connectivity index (χ2v) is 7.48. The standard InChI is InChI=1S/C18H23N5S/c1-2-9-21(10-3-1)15-16-5-6-17(24-16)18-19-8-12-22(18)13-14-23-11-4-7-20-23/h4-8,11-12H,1-3,9-10,13-15H2. The fourth-order valence-electron chi connectivity index (χ4n) is 3.28. The van der Waals surface area contributed by atoms with Crippen LogP contribution in [-0.2, 0) is 19.6 Å². The molecule has 126 valence electrons. The molecule has 1 fully saturated rings. The van der Waals surface area contributed by atoms with Crippen molar-refractivity contribution in [2.75, 3.05) is 13.1 Å². The number of nitrogens with zero attached hydrogens (tertiary/aromatic N) is 5. The van der Waals surface area contributed by atoms with Gasteiger partial charge in [-0.15, -0.1) is 11.3 Å². The number of hydrogen-bond acceptors (Lipinski definition) is 4. The van der Waals surface area contributed by atoms with Crippen molar-refractivity contribution in [3.63, 3.8) is 0 Å². The summed E-state index contributed by atoms with van der Waals surface area (Å²) in [5, 5.41) is 4.27. The number of thiophene rings is 1. The lowest BCUT2D eigenvalue weighted by Gasteiger charge is -2.25. The number of aromatic nitrogens is 4. The van der Waals surface area contributed by atoms with Crippen LogP contribution in [0, 0.1) is 0 Å². The molecule has 3 aromatic heterocycles. The number of aryl methyl sites for hydroxylation is 2. The Hall–Kier alpha value is -1.92. The Morgan fingerprint density at radius 2 is 1.92 bits per heavy atom. The van der Waals surface area contributed by atoms with E-state index in [1.165, 1.54) is 42.1 Å². The molecular weight excluding hydrogens is 318 g/mol. The van der Waals surface area contributed by atoms with Crippen molar-refractivity contribution >= 4 is 11.3 Å². The van der Waals surface area contributed by atoms with Gasteiger partial charge in [-0.1, -0.05) is 6.42 Å². The number of imidazole rings is 1. The van der Waals surface area contributed by atoms with E-state index in [1.807, 2.05) is 40.7 Å². The fourth-order valence-corrected chi connectivity index (χ4v) is 4.34. The quantitative estimate of drug-likeness (QED) is 0.689. The summed E-state index contributed by atoms with van der Waals surface area (Å²) in [4.78, 5) is 9.84. The summed E-state index contributed by atoms with van der Waals surface area (Å²) in [6.07, 6.45) is 11.8. The Labute approximate surface area is 146 Å². The highest BCUT2D eigenvalue weighted by Crippen LogP contribution is 2.28. The molecule has 0 bridgehead atoms. The highest BCUT2D eigenvalue weighted by atomic mass is 32.1. The van der Waals surface area contributed by atoms with E-state index in [0.29, 0.717) is 0 Å². The van der Waals surface area contributed by atoms with Gasteiger partial charge in [0.2, 0.25) is 0 Å². The van der Waals surface area contributed by atoms with Gasteiger partial charge in [0.05, 0.1) is 11.4 Å². The normalized spacial score (nSPS) is 15.8. The van der Waals surface area contributed by atoms with Gasteiger partial charge in [0.25, 0.3) is 0 Å². The van der Waals surface area contributed by atoms with E-state index >= 15 is 0 Å². The van der Waals surface area contributed by atoms with E-state index in [9.17, 15) is 0 Å². The van der Waals surface area contributed by atoms with E-state index < -0.39 is 0 Å². The van der Waals surface area contributed by atoms with Crippen LogP contribution in [-0.4, -0.2) is 37.3 Å². The molecule has 6 heteroatoms. The molecular formula is C18H23N5S. The lowest BCUT2D eigenvalue weighted by atomic mass is 10.1. The van der Waals surface area contributed by atoms with Gasteiger partial charge in [-0.2, -0.15) is 5.10 Å². The number of hydrogen-bond donors (Lipinski definition) is 0. The van der Waals surface area contributed by atoms with Crippen molar-refractivity contribution in [1.82, 2.24) is 24.2 Å². The second-order valence-electron chi connectivity index (χ2n) is 6.32. The molecule has 0 unspecified atom stereocenters. The van der Waals surface area contributed by atoms with Gasteiger partial charge < -0.3 is 4.57 Å². The predicted octanol–water partition coefficient (Wildman–Crippen LogP) is 3.49. The summed E-state index contributed by atoms with van der Waals surface area (Å²) < 4.78 is 4.18. The van der Waals surface area contributed by atoms with E-state index in [0.717, 1.165) is 25.5 Å². The zero-order valence-electron chi connectivity index (χ0n) is 13.8. The van der Waals surface area contributed by atoms with E-state index in [4.69, 9.17) is 0 Å². The van der Waals surface area contributed by atoms with Gasteiger partial charge in [0.1, 0.15) is 5.82 Å². The molecule has 4 rings (SSSR count). The lowest BCUT2D eigenvalue weighted by Crippen LogP contribution is -2.28. The summed E-state index contributed by atoms with van der Waals surface area (Å²) in [5.41, 5.74) is 0. The Morgan fingerprint density at radius 3 is 2.75 bits per heavy atom. The molecule has 1 aliphatic heterocycles. The molecule has 0 radical (unpaired) electrons. The number of piperidine rings is 1. The average Bonchev–Trinajstić information content (AvgIpc) is 3.35. The first-order chi connectivity index (χ1) is 11.9. The monoisotopic (exact) mass is 341 g/mol. The largest absolute Gasteiger partial charge is 0.328 e. The van der Waals surface area contributed by atoms with Gasteiger partial charge in [0.15, 0.2) is 0 Å². The maximum atomic E-state index is 4.58. The third-order valence-electron chi connectivity index (χ3n) is 4.55. The molecule has 4 heterocycles. The van der Waals surface area contributed by atoms with Gasteiger partial charge >= 0.3 is 0 Å². The first-order valence-corrected chi connectivity index (χ1v) is 9.50. The Morgan fingerprint density at radius 1 is 1.00 bits per heavy atom. The van der Waals surface area contributed by atoms with Crippen molar-refractivity contribution in [2.24, 2.45) is 0 Å². The zero-order chi connectivity index (χ0) is 16.2. The van der Waals surface area contributed by atoms with Gasteiger partial charge in [-0.05, 0) is 44.1 Å². The molecule has 0 aliphatic carbocycles. The van der Waals surface area contributed by atoms with Crippen LogP contribution >= 0.6 is 11.3 Å². The molecule has 24 heavy (non-hydrogen) atoms.